The van der Waals surface area contributed by atoms with Crippen LogP contribution in [0.25, 0.3) is 10.8 Å². The Balaban J connectivity index is 1.81. The van der Waals surface area contributed by atoms with Gasteiger partial charge in [0, 0.05) is 10.5 Å². The summed E-state index contributed by atoms with van der Waals surface area (Å²) in [6.45, 7) is 0. The zero-order valence-corrected chi connectivity index (χ0v) is 11.2. The first-order valence-corrected chi connectivity index (χ1v) is 6.95. The molecule has 0 heterocycles. The third-order valence-electron chi connectivity index (χ3n) is 2.86. The minimum absolute atomic E-state index is 1.05. The Morgan fingerprint density at radius 2 is 1.42 bits per heavy atom. The van der Waals surface area contributed by atoms with Crippen LogP contribution in [0, 0.1) is 11.2 Å². The van der Waals surface area contributed by atoms with Gasteiger partial charge in [0.25, 0.3) is 0 Å². The Bertz CT molecular complexity index is 748. The summed E-state index contributed by atoms with van der Waals surface area (Å²) in [7, 11) is 0. The number of fused-ring (bicyclic) bond motifs is 1. The van der Waals surface area contributed by atoms with Gasteiger partial charge in [-0.15, -0.1) is 0 Å². The van der Waals surface area contributed by atoms with Gasteiger partial charge in [-0.2, -0.15) is 0 Å². The molecule has 0 radical (unpaired) electrons. The minimum atomic E-state index is 1.05. The molecule has 0 atom stereocenters. The summed E-state index contributed by atoms with van der Waals surface area (Å²) in [5, 5.41) is 5.67. The number of hydrogen-bond donors (Lipinski definition) is 0. The normalized spacial score (nSPS) is 9.89. The van der Waals surface area contributed by atoms with Gasteiger partial charge in [0.05, 0.1) is 0 Å². The van der Waals surface area contributed by atoms with E-state index in [1.165, 1.54) is 15.7 Å². The van der Waals surface area contributed by atoms with Crippen LogP contribution in [0.5, 0.6) is 0 Å². The number of hydrogen-bond acceptors (Lipinski definition) is 1. The molecule has 0 N–H and O–H groups in total. The predicted molar refractivity (Wildman–Crippen MR) is 83.1 cm³/mol. The molecule has 19 heavy (non-hydrogen) atoms. The molecule has 0 saturated carbocycles. The Hall–Kier alpha value is -2.17. The Kier molecular flexibility index (Phi) is 3.54. The van der Waals surface area contributed by atoms with Crippen molar-refractivity contribution in [3.63, 3.8) is 0 Å². The maximum Gasteiger partial charge on any atom is 0.0254 e. The summed E-state index contributed by atoms with van der Waals surface area (Å²) in [6.07, 6.45) is 0. The average molecular weight is 260 g/mol. The molecule has 0 nitrogen and oxygen atoms in total. The summed E-state index contributed by atoms with van der Waals surface area (Å²) < 4.78 is 0. The van der Waals surface area contributed by atoms with E-state index < -0.39 is 0 Å². The van der Waals surface area contributed by atoms with Gasteiger partial charge in [0.1, 0.15) is 0 Å². The van der Waals surface area contributed by atoms with Gasteiger partial charge in [0.2, 0.25) is 0 Å². The monoisotopic (exact) mass is 260 g/mol. The van der Waals surface area contributed by atoms with Crippen molar-refractivity contribution < 1.29 is 0 Å². The van der Waals surface area contributed by atoms with Crippen LogP contribution in [0.4, 0.5) is 0 Å². The van der Waals surface area contributed by atoms with Crippen molar-refractivity contribution >= 4 is 22.5 Å². The van der Waals surface area contributed by atoms with Crippen LogP contribution in [0.15, 0.2) is 77.7 Å². The zero-order chi connectivity index (χ0) is 12.9. The SMILES string of the molecule is C(#Cc1ccccc1)Sc1ccc2ccccc2c1. The first-order valence-electron chi connectivity index (χ1n) is 6.13. The van der Waals surface area contributed by atoms with Crippen LogP contribution >= 0.6 is 11.8 Å². The molecule has 0 aliphatic rings. The predicted octanol–water partition coefficient (Wildman–Crippen LogP) is 4.94. The van der Waals surface area contributed by atoms with E-state index in [2.05, 4.69) is 53.6 Å². The Morgan fingerprint density at radius 1 is 0.684 bits per heavy atom. The summed E-state index contributed by atoms with van der Waals surface area (Å²) in [5.74, 6) is 3.15. The van der Waals surface area contributed by atoms with Gasteiger partial charge in [-0.3, -0.25) is 0 Å². The van der Waals surface area contributed by atoms with Crippen molar-refractivity contribution in [2.75, 3.05) is 0 Å². The highest BCUT2D eigenvalue weighted by molar-refractivity contribution is 8.04. The van der Waals surface area contributed by atoms with Gasteiger partial charge in [-0.1, -0.05) is 54.5 Å². The van der Waals surface area contributed by atoms with E-state index >= 15 is 0 Å². The lowest BCUT2D eigenvalue weighted by atomic mass is 10.1. The van der Waals surface area contributed by atoms with Crippen molar-refractivity contribution in [1.29, 1.82) is 0 Å². The summed E-state index contributed by atoms with van der Waals surface area (Å²) in [5.41, 5.74) is 1.05. The molecule has 0 bridgehead atoms. The molecule has 0 aliphatic heterocycles. The van der Waals surface area contributed by atoms with Gasteiger partial charge in [-0.25, -0.2) is 0 Å². The van der Waals surface area contributed by atoms with E-state index in [0.717, 1.165) is 5.56 Å². The van der Waals surface area contributed by atoms with Gasteiger partial charge < -0.3 is 0 Å². The molecule has 0 amide bonds. The zero-order valence-electron chi connectivity index (χ0n) is 10.3. The largest absolute Gasteiger partial charge is 0.0622 e. The van der Waals surface area contributed by atoms with Crippen LogP contribution in [0.3, 0.4) is 0 Å². The second-order valence-electron chi connectivity index (χ2n) is 4.20. The van der Waals surface area contributed by atoms with Crippen molar-refractivity contribution in [3.8, 4) is 11.2 Å². The maximum atomic E-state index is 3.15. The highest BCUT2D eigenvalue weighted by atomic mass is 32.2. The fraction of sp³-hybridized carbons (Fsp3) is 0. The molecule has 3 aromatic carbocycles. The molecule has 0 aliphatic carbocycles. The van der Waals surface area contributed by atoms with Crippen molar-refractivity contribution in [2.24, 2.45) is 0 Å². The second kappa shape index (κ2) is 5.65. The van der Waals surface area contributed by atoms with Gasteiger partial charge >= 0.3 is 0 Å². The standard InChI is InChI=1S/C18H12S/c1-2-6-15(7-3-1)12-13-19-18-11-10-16-8-4-5-9-17(16)14-18/h1-11,14H. The lowest BCUT2D eigenvalue weighted by Gasteiger charge is -1.99. The number of benzene rings is 3. The molecular formula is C18H12S. The van der Waals surface area contributed by atoms with Crippen molar-refractivity contribution in [1.82, 2.24) is 0 Å². The molecule has 90 valence electrons. The quantitative estimate of drug-likeness (QED) is 0.441. The maximum absolute atomic E-state index is 3.15. The van der Waals surface area contributed by atoms with E-state index in [9.17, 15) is 0 Å². The molecule has 1 heteroatoms. The number of rotatable bonds is 1. The summed E-state index contributed by atoms with van der Waals surface area (Å²) >= 11 is 1.57. The molecule has 0 aromatic heterocycles. The van der Waals surface area contributed by atoms with Crippen LogP contribution in [-0.2, 0) is 0 Å². The van der Waals surface area contributed by atoms with E-state index in [1.807, 2.05) is 30.3 Å². The lowest BCUT2D eigenvalue weighted by molar-refractivity contribution is 1.52. The van der Waals surface area contributed by atoms with Crippen LogP contribution in [-0.4, -0.2) is 0 Å². The van der Waals surface area contributed by atoms with Crippen LogP contribution < -0.4 is 0 Å². The third kappa shape index (κ3) is 2.99. The Morgan fingerprint density at radius 3 is 2.26 bits per heavy atom. The van der Waals surface area contributed by atoms with Gasteiger partial charge in [0.15, 0.2) is 0 Å². The molecule has 3 rings (SSSR count). The molecule has 0 unspecified atom stereocenters. The van der Waals surface area contributed by atoms with E-state index in [0.29, 0.717) is 0 Å². The van der Waals surface area contributed by atoms with Crippen LogP contribution in [0.1, 0.15) is 5.56 Å². The summed E-state index contributed by atoms with van der Waals surface area (Å²) in [4.78, 5) is 1.18. The lowest BCUT2D eigenvalue weighted by Crippen LogP contribution is -1.73. The molecule has 0 saturated heterocycles. The fourth-order valence-corrected chi connectivity index (χ4v) is 2.50. The third-order valence-corrected chi connectivity index (χ3v) is 3.55. The van der Waals surface area contributed by atoms with Crippen molar-refractivity contribution in [2.45, 2.75) is 4.90 Å². The fourth-order valence-electron chi connectivity index (χ4n) is 1.90. The molecule has 3 aromatic rings. The van der Waals surface area contributed by atoms with Crippen molar-refractivity contribution in [3.05, 3.63) is 78.4 Å². The molecule has 0 fully saturated rings. The summed E-state index contributed by atoms with van der Waals surface area (Å²) in [6, 6.07) is 24.9. The van der Waals surface area contributed by atoms with E-state index in [4.69, 9.17) is 0 Å². The number of thioether (sulfide) groups is 1. The highest BCUT2D eigenvalue weighted by Crippen LogP contribution is 2.22. The second-order valence-corrected chi connectivity index (χ2v) is 5.08. The first kappa shape index (κ1) is 11.9. The van der Waals surface area contributed by atoms with E-state index in [1.54, 1.807) is 11.8 Å². The van der Waals surface area contributed by atoms with Crippen LogP contribution in [0.2, 0.25) is 0 Å². The van der Waals surface area contributed by atoms with Gasteiger partial charge in [-0.05, 0) is 52.1 Å². The molecular weight excluding hydrogens is 248 g/mol. The van der Waals surface area contributed by atoms with E-state index in [-0.39, 0.29) is 0 Å². The average Bonchev–Trinajstić information content (AvgIpc) is 2.48. The topological polar surface area (TPSA) is 0 Å². The Labute approximate surface area is 117 Å². The highest BCUT2D eigenvalue weighted by Gasteiger charge is 1.94. The molecule has 0 spiro atoms. The first-order chi connectivity index (χ1) is 9.42. The smallest absolute Gasteiger partial charge is 0.0254 e. The minimum Gasteiger partial charge on any atom is -0.0622 e.